The molecule has 2 heterocycles. The number of rotatable bonds is 6. The molecule has 0 amide bonds. The minimum Gasteiger partial charge on any atom is -0.313 e. The summed E-state index contributed by atoms with van der Waals surface area (Å²) in [7, 11) is -1.32. The fourth-order valence-corrected chi connectivity index (χ4v) is 3.52. The molecule has 0 saturated carbocycles. The number of nitrogens with one attached hydrogen (secondary N) is 2. The second-order valence-corrected chi connectivity index (χ2v) is 6.59. The van der Waals surface area contributed by atoms with Crippen LogP contribution >= 0.6 is 0 Å². The summed E-state index contributed by atoms with van der Waals surface area (Å²) in [6.07, 6.45) is 6.34. The quantitative estimate of drug-likeness (QED) is 0.741. The zero-order valence-corrected chi connectivity index (χ0v) is 11.4. The van der Waals surface area contributed by atoms with Crippen molar-refractivity contribution in [3.05, 3.63) is 18.0 Å². The average Bonchev–Trinajstić information content (AvgIpc) is 2.89. The lowest BCUT2D eigenvalue weighted by atomic mass is 10.3. The van der Waals surface area contributed by atoms with Crippen molar-refractivity contribution in [2.75, 3.05) is 18.8 Å². The lowest BCUT2D eigenvalue weighted by Crippen LogP contribution is -2.37. The molecule has 1 unspecified atom stereocenters. The molecule has 2 rings (SSSR count). The van der Waals surface area contributed by atoms with E-state index in [9.17, 15) is 8.42 Å². The Bertz CT molecular complexity index is 477. The van der Waals surface area contributed by atoms with Gasteiger partial charge in [0.1, 0.15) is 0 Å². The smallest absolute Gasteiger partial charge is 0.213 e. The van der Waals surface area contributed by atoms with E-state index in [4.69, 9.17) is 0 Å². The highest BCUT2D eigenvalue weighted by atomic mass is 32.2. The second-order valence-electron chi connectivity index (χ2n) is 4.74. The van der Waals surface area contributed by atoms with Crippen LogP contribution in [0.2, 0.25) is 0 Å². The van der Waals surface area contributed by atoms with Crippen LogP contribution in [0.3, 0.4) is 0 Å². The van der Waals surface area contributed by atoms with Crippen molar-refractivity contribution in [3.8, 4) is 0 Å². The average molecular weight is 272 g/mol. The van der Waals surface area contributed by atoms with Crippen molar-refractivity contribution in [2.24, 2.45) is 7.05 Å². The van der Waals surface area contributed by atoms with Gasteiger partial charge in [0.15, 0.2) is 0 Å². The molecular weight excluding hydrogens is 252 g/mol. The molecule has 0 radical (unpaired) electrons. The summed E-state index contributed by atoms with van der Waals surface area (Å²) in [5, 5.41) is 7.24. The highest BCUT2D eigenvalue weighted by molar-refractivity contribution is 7.89. The van der Waals surface area contributed by atoms with E-state index in [1.807, 2.05) is 13.2 Å². The highest BCUT2D eigenvalue weighted by Gasteiger charge is 2.21. The van der Waals surface area contributed by atoms with Crippen LogP contribution in [0.25, 0.3) is 0 Å². The molecule has 0 bridgehead atoms. The van der Waals surface area contributed by atoms with E-state index in [1.165, 1.54) is 0 Å². The Hall–Kier alpha value is -0.920. The number of aryl methyl sites for hydroxylation is 1. The van der Waals surface area contributed by atoms with Crippen LogP contribution in [-0.4, -0.2) is 43.1 Å². The third-order valence-corrected chi connectivity index (χ3v) is 4.56. The van der Waals surface area contributed by atoms with Gasteiger partial charge in [0.25, 0.3) is 0 Å². The van der Waals surface area contributed by atoms with E-state index in [0.29, 0.717) is 13.0 Å². The molecule has 1 atom stereocenters. The van der Waals surface area contributed by atoms with Gasteiger partial charge in [0.05, 0.1) is 11.9 Å². The van der Waals surface area contributed by atoms with Crippen LogP contribution in [0.15, 0.2) is 12.4 Å². The minimum atomic E-state index is -3.17. The molecule has 1 aromatic heterocycles. The molecule has 102 valence electrons. The van der Waals surface area contributed by atoms with Gasteiger partial charge >= 0.3 is 0 Å². The standard InChI is InChI=1S/C11H20N4O2S/c1-15-8-10(7-13-15)4-6-14-18(16,17)9-11-3-2-5-12-11/h7-8,11-12,14H,2-6,9H2,1H3. The molecule has 6 nitrogen and oxygen atoms in total. The first-order chi connectivity index (χ1) is 8.55. The number of nitrogens with zero attached hydrogens (tertiary/aromatic N) is 2. The van der Waals surface area contributed by atoms with Crippen molar-refractivity contribution >= 4 is 10.0 Å². The maximum atomic E-state index is 11.8. The van der Waals surface area contributed by atoms with Gasteiger partial charge in [-0.2, -0.15) is 5.10 Å². The first-order valence-electron chi connectivity index (χ1n) is 6.23. The molecule has 0 aromatic carbocycles. The third kappa shape index (κ3) is 4.08. The van der Waals surface area contributed by atoms with Gasteiger partial charge in [0, 0.05) is 25.8 Å². The van der Waals surface area contributed by atoms with Crippen LogP contribution in [0.4, 0.5) is 0 Å². The first-order valence-corrected chi connectivity index (χ1v) is 7.89. The van der Waals surface area contributed by atoms with Crippen molar-refractivity contribution in [1.29, 1.82) is 0 Å². The van der Waals surface area contributed by atoms with E-state index in [-0.39, 0.29) is 11.8 Å². The fraction of sp³-hybridized carbons (Fsp3) is 0.727. The van der Waals surface area contributed by atoms with E-state index < -0.39 is 10.0 Å². The number of aromatic nitrogens is 2. The fourth-order valence-electron chi connectivity index (χ4n) is 2.17. The topological polar surface area (TPSA) is 76.0 Å². The van der Waals surface area contributed by atoms with Crippen molar-refractivity contribution in [2.45, 2.75) is 25.3 Å². The lowest BCUT2D eigenvalue weighted by molar-refractivity contribution is 0.564. The third-order valence-electron chi connectivity index (χ3n) is 3.08. The van der Waals surface area contributed by atoms with Gasteiger partial charge in [-0.15, -0.1) is 0 Å². The van der Waals surface area contributed by atoms with E-state index in [1.54, 1.807) is 10.9 Å². The Morgan fingerprint density at radius 3 is 3.06 bits per heavy atom. The molecule has 1 aliphatic heterocycles. The molecule has 1 aromatic rings. The van der Waals surface area contributed by atoms with E-state index in [0.717, 1.165) is 24.9 Å². The maximum absolute atomic E-state index is 11.8. The summed E-state index contributed by atoms with van der Waals surface area (Å²) in [6, 6.07) is 0.112. The molecule has 0 aliphatic carbocycles. The van der Waals surface area contributed by atoms with Crippen molar-refractivity contribution in [1.82, 2.24) is 19.8 Å². The molecule has 1 aliphatic rings. The molecule has 1 fully saturated rings. The van der Waals surface area contributed by atoms with Crippen molar-refractivity contribution in [3.63, 3.8) is 0 Å². The van der Waals surface area contributed by atoms with Gasteiger partial charge in [-0.05, 0) is 31.4 Å². The monoisotopic (exact) mass is 272 g/mol. The molecule has 18 heavy (non-hydrogen) atoms. The largest absolute Gasteiger partial charge is 0.313 e. The molecule has 0 spiro atoms. The zero-order valence-electron chi connectivity index (χ0n) is 10.6. The van der Waals surface area contributed by atoms with Crippen LogP contribution in [0, 0.1) is 0 Å². The van der Waals surface area contributed by atoms with Crippen molar-refractivity contribution < 1.29 is 8.42 Å². The van der Waals surface area contributed by atoms with E-state index >= 15 is 0 Å². The second kappa shape index (κ2) is 5.81. The predicted octanol–water partition coefficient (Wildman–Crippen LogP) is -0.366. The molecule has 2 N–H and O–H groups in total. The van der Waals surface area contributed by atoms with E-state index in [2.05, 4.69) is 15.1 Å². The van der Waals surface area contributed by atoms with Crippen LogP contribution in [0.1, 0.15) is 18.4 Å². The van der Waals surface area contributed by atoms with Crippen LogP contribution in [-0.2, 0) is 23.5 Å². The zero-order chi connectivity index (χ0) is 13.0. The maximum Gasteiger partial charge on any atom is 0.213 e. The first kappa shape index (κ1) is 13.5. The predicted molar refractivity (Wildman–Crippen MR) is 69.7 cm³/mol. The Labute approximate surface area is 108 Å². The lowest BCUT2D eigenvalue weighted by Gasteiger charge is -2.11. The van der Waals surface area contributed by atoms with Gasteiger partial charge in [-0.1, -0.05) is 0 Å². The SMILES string of the molecule is Cn1cc(CCNS(=O)(=O)CC2CCCN2)cn1. The molecular formula is C11H20N4O2S. The molecule has 7 heteroatoms. The summed E-state index contributed by atoms with van der Waals surface area (Å²) < 4.78 is 28.0. The Kier molecular flexibility index (Phi) is 4.36. The van der Waals surface area contributed by atoms with Crippen LogP contribution < -0.4 is 10.0 Å². The number of hydrogen-bond donors (Lipinski definition) is 2. The Balaban J connectivity index is 1.74. The summed E-state index contributed by atoms with van der Waals surface area (Å²) in [4.78, 5) is 0. The Morgan fingerprint density at radius 2 is 2.44 bits per heavy atom. The Morgan fingerprint density at radius 1 is 1.61 bits per heavy atom. The summed E-state index contributed by atoms with van der Waals surface area (Å²) in [5.74, 6) is 0.181. The normalized spacial score (nSPS) is 20.4. The van der Waals surface area contributed by atoms with Crippen LogP contribution in [0.5, 0.6) is 0 Å². The van der Waals surface area contributed by atoms with Gasteiger partial charge in [0.2, 0.25) is 10.0 Å². The minimum absolute atomic E-state index is 0.112. The summed E-state index contributed by atoms with van der Waals surface area (Å²) >= 11 is 0. The number of hydrogen-bond acceptors (Lipinski definition) is 4. The van der Waals surface area contributed by atoms with Gasteiger partial charge in [-0.3, -0.25) is 4.68 Å². The van der Waals surface area contributed by atoms with Gasteiger partial charge in [-0.25, -0.2) is 13.1 Å². The van der Waals surface area contributed by atoms with Gasteiger partial charge < -0.3 is 5.32 Å². The summed E-state index contributed by atoms with van der Waals surface area (Å²) in [5.41, 5.74) is 1.04. The molecule has 1 saturated heterocycles. The summed E-state index contributed by atoms with van der Waals surface area (Å²) in [6.45, 7) is 1.36. The highest BCUT2D eigenvalue weighted by Crippen LogP contribution is 2.07. The number of sulfonamides is 1.